The number of carbonyl (C=O) groups is 2. The first-order valence-corrected chi connectivity index (χ1v) is 12.2. The molecule has 4 rings (SSSR count). The van der Waals surface area contributed by atoms with E-state index in [0.29, 0.717) is 17.8 Å². The first-order chi connectivity index (χ1) is 16.1. The summed E-state index contributed by atoms with van der Waals surface area (Å²) in [5.74, 6) is -0.426. The van der Waals surface area contributed by atoms with Crippen molar-refractivity contribution in [2.75, 3.05) is 46.0 Å². The molecule has 9 heteroatoms. The van der Waals surface area contributed by atoms with Crippen LogP contribution < -0.4 is 5.32 Å². The maximum atomic E-state index is 12.9. The van der Waals surface area contributed by atoms with E-state index in [1.807, 2.05) is 47.6 Å². The second kappa shape index (κ2) is 11.0. The van der Waals surface area contributed by atoms with E-state index in [9.17, 15) is 9.59 Å². The molecule has 0 radical (unpaired) electrons. The highest BCUT2D eigenvalue weighted by atomic mass is 32.2. The molecule has 1 unspecified atom stereocenters. The van der Waals surface area contributed by atoms with Gasteiger partial charge in [-0.15, -0.1) is 0 Å². The minimum absolute atomic E-state index is 0.0490. The summed E-state index contributed by atoms with van der Waals surface area (Å²) >= 11 is 1.48. The highest BCUT2D eigenvalue weighted by molar-refractivity contribution is 8.16. The zero-order valence-electron chi connectivity index (χ0n) is 19.1. The van der Waals surface area contributed by atoms with Gasteiger partial charge in [-0.3, -0.25) is 9.69 Å². The SMILES string of the molecule is CCOC(=O)C1=C(C)N=C2SC=C(CC(=O)NCCN3CCOCC3)N2C1c1ccccc1. The fourth-order valence-corrected chi connectivity index (χ4v) is 5.16. The standard InChI is InChI=1S/C24H30N4O4S/c1-3-32-23(30)21-17(2)26-24-28(22(21)18-7-5-4-6-8-18)19(16-33-24)15-20(29)25-9-10-27-11-13-31-14-12-27/h4-8,16,22H,3,9-15H2,1-2H3,(H,25,29). The van der Waals surface area contributed by atoms with Gasteiger partial charge in [0.15, 0.2) is 5.17 Å². The molecule has 176 valence electrons. The molecular formula is C24H30N4O4S. The predicted octanol–water partition coefficient (Wildman–Crippen LogP) is 2.66. The summed E-state index contributed by atoms with van der Waals surface area (Å²) in [5, 5.41) is 5.75. The number of allylic oxidation sites excluding steroid dienone is 1. The number of esters is 1. The van der Waals surface area contributed by atoms with Gasteiger partial charge in [0.05, 0.1) is 43.6 Å². The van der Waals surface area contributed by atoms with Gasteiger partial charge in [-0.05, 0) is 24.8 Å². The van der Waals surface area contributed by atoms with Crippen molar-refractivity contribution in [3.05, 3.63) is 58.3 Å². The van der Waals surface area contributed by atoms with Crippen molar-refractivity contribution in [3.63, 3.8) is 0 Å². The Labute approximate surface area is 198 Å². The fraction of sp³-hybridized carbons (Fsp3) is 0.458. The second-order valence-electron chi connectivity index (χ2n) is 8.00. The Morgan fingerprint density at radius 3 is 2.73 bits per heavy atom. The molecule has 3 aliphatic rings. The van der Waals surface area contributed by atoms with E-state index < -0.39 is 0 Å². The lowest BCUT2D eigenvalue weighted by atomic mass is 9.94. The molecule has 1 amide bonds. The van der Waals surface area contributed by atoms with Crippen molar-refractivity contribution in [1.29, 1.82) is 0 Å². The molecule has 33 heavy (non-hydrogen) atoms. The maximum absolute atomic E-state index is 12.9. The average molecular weight is 471 g/mol. The summed E-state index contributed by atoms with van der Waals surface area (Å²) < 4.78 is 10.7. The van der Waals surface area contributed by atoms with Crippen LogP contribution in [0.5, 0.6) is 0 Å². The largest absolute Gasteiger partial charge is 0.463 e. The van der Waals surface area contributed by atoms with Crippen LogP contribution in [0.25, 0.3) is 0 Å². The molecule has 1 aromatic rings. The number of fused-ring (bicyclic) bond motifs is 1. The minimum Gasteiger partial charge on any atom is -0.463 e. The molecule has 3 heterocycles. The smallest absolute Gasteiger partial charge is 0.338 e. The highest BCUT2D eigenvalue weighted by Crippen LogP contribution is 2.44. The Hall–Kier alpha value is -2.62. The molecule has 0 bridgehead atoms. The molecule has 1 saturated heterocycles. The molecule has 1 N–H and O–H groups in total. The molecule has 8 nitrogen and oxygen atoms in total. The monoisotopic (exact) mass is 470 g/mol. The van der Waals surface area contributed by atoms with Crippen LogP contribution in [-0.4, -0.2) is 72.8 Å². The molecule has 1 fully saturated rings. The zero-order valence-corrected chi connectivity index (χ0v) is 19.9. The van der Waals surface area contributed by atoms with E-state index >= 15 is 0 Å². The van der Waals surface area contributed by atoms with Gasteiger partial charge in [-0.25, -0.2) is 9.79 Å². The van der Waals surface area contributed by atoms with Crippen molar-refractivity contribution in [1.82, 2.24) is 15.1 Å². The Morgan fingerprint density at radius 1 is 1.24 bits per heavy atom. The number of morpholine rings is 1. The van der Waals surface area contributed by atoms with Crippen LogP contribution in [0, 0.1) is 0 Å². The van der Waals surface area contributed by atoms with Gasteiger partial charge in [0.1, 0.15) is 0 Å². The van der Waals surface area contributed by atoms with Crippen molar-refractivity contribution < 1.29 is 19.1 Å². The molecule has 0 aromatic heterocycles. The van der Waals surface area contributed by atoms with E-state index in [4.69, 9.17) is 9.47 Å². The Kier molecular flexibility index (Phi) is 7.85. The van der Waals surface area contributed by atoms with Crippen molar-refractivity contribution in [2.45, 2.75) is 26.3 Å². The van der Waals surface area contributed by atoms with Gasteiger partial charge in [-0.2, -0.15) is 0 Å². The lowest BCUT2D eigenvalue weighted by molar-refractivity contribution is -0.139. The van der Waals surface area contributed by atoms with Gasteiger partial charge in [0.2, 0.25) is 5.91 Å². The second-order valence-corrected chi connectivity index (χ2v) is 8.84. The lowest BCUT2D eigenvalue weighted by Gasteiger charge is -2.36. The van der Waals surface area contributed by atoms with Crippen LogP contribution >= 0.6 is 11.8 Å². The number of nitrogens with zero attached hydrogens (tertiary/aromatic N) is 3. The van der Waals surface area contributed by atoms with E-state index in [1.54, 1.807) is 6.92 Å². The molecule has 1 aromatic carbocycles. The average Bonchev–Trinajstić information content (AvgIpc) is 3.21. The number of rotatable bonds is 8. The van der Waals surface area contributed by atoms with Gasteiger partial charge in [0.25, 0.3) is 0 Å². The van der Waals surface area contributed by atoms with Gasteiger partial charge >= 0.3 is 5.97 Å². The van der Waals surface area contributed by atoms with Crippen LogP contribution in [0.4, 0.5) is 0 Å². The number of amides is 1. The number of hydrogen-bond donors (Lipinski definition) is 1. The van der Waals surface area contributed by atoms with Gasteiger partial charge < -0.3 is 19.7 Å². The van der Waals surface area contributed by atoms with Gasteiger partial charge in [0, 0.05) is 31.9 Å². The third-order valence-corrected chi connectivity index (χ3v) is 6.70. The number of benzene rings is 1. The van der Waals surface area contributed by atoms with Crippen LogP contribution in [0.3, 0.4) is 0 Å². The number of hydrogen-bond acceptors (Lipinski definition) is 8. The molecule has 1 atom stereocenters. The Bertz CT molecular complexity index is 970. The summed E-state index contributed by atoms with van der Waals surface area (Å²) in [4.78, 5) is 34.6. The number of aliphatic imine (C=N–C) groups is 1. The molecule has 0 spiro atoms. The fourth-order valence-electron chi connectivity index (χ4n) is 4.20. The molecule has 0 saturated carbocycles. The number of carbonyl (C=O) groups excluding carboxylic acids is 2. The summed E-state index contributed by atoms with van der Waals surface area (Å²) in [6.45, 7) is 8.59. The normalized spacial score (nSPS) is 20.8. The van der Waals surface area contributed by atoms with Crippen molar-refractivity contribution >= 4 is 28.8 Å². The van der Waals surface area contributed by atoms with Crippen molar-refractivity contribution in [2.24, 2.45) is 4.99 Å². The Balaban J connectivity index is 1.49. The number of ether oxygens (including phenoxy) is 2. The van der Waals surface area contributed by atoms with Crippen LogP contribution in [0.2, 0.25) is 0 Å². The number of nitrogens with one attached hydrogen (secondary N) is 1. The van der Waals surface area contributed by atoms with E-state index in [1.165, 1.54) is 11.8 Å². The Morgan fingerprint density at radius 2 is 2.00 bits per heavy atom. The topological polar surface area (TPSA) is 83.5 Å². The first-order valence-electron chi connectivity index (χ1n) is 11.3. The molecule has 0 aliphatic carbocycles. The maximum Gasteiger partial charge on any atom is 0.338 e. The summed E-state index contributed by atoms with van der Waals surface area (Å²) in [5.41, 5.74) is 2.93. The molecular weight excluding hydrogens is 440 g/mol. The quantitative estimate of drug-likeness (QED) is 0.585. The minimum atomic E-state index is -0.389. The third kappa shape index (κ3) is 5.48. The van der Waals surface area contributed by atoms with Crippen molar-refractivity contribution in [3.8, 4) is 0 Å². The van der Waals surface area contributed by atoms with Crippen LogP contribution in [0.1, 0.15) is 31.9 Å². The number of amidine groups is 1. The van der Waals surface area contributed by atoms with Gasteiger partial charge in [-0.1, -0.05) is 42.1 Å². The highest BCUT2D eigenvalue weighted by Gasteiger charge is 2.41. The van der Waals surface area contributed by atoms with E-state index in [-0.39, 0.29) is 30.9 Å². The van der Waals surface area contributed by atoms with E-state index in [2.05, 4.69) is 15.2 Å². The summed E-state index contributed by atoms with van der Waals surface area (Å²) in [6, 6.07) is 9.43. The molecule has 3 aliphatic heterocycles. The lowest BCUT2D eigenvalue weighted by Crippen LogP contribution is -2.42. The summed E-state index contributed by atoms with van der Waals surface area (Å²) in [6.07, 6.45) is 0.216. The van der Waals surface area contributed by atoms with E-state index in [0.717, 1.165) is 49.3 Å². The first kappa shape index (κ1) is 23.5. The third-order valence-electron chi connectivity index (χ3n) is 5.81. The van der Waals surface area contributed by atoms with Crippen LogP contribution in [0.15, 0.2) is 57.7 Å². The zero-order chi connectivity index (χ0) is 23.2. The van der Waals surface area contributed by atoms with Crippen LogP contribution in [-0.2, 0) is 19.1 Å². The summed E-state index contributed by atoms with van der Waals surface area (Å²) in [7, 11) is 0. The predicted molar refractivity (Wildman–Crippen MR) is 128 cm³/mol. The number of thioether (sulfide) groups is 1.